The number of rotatable bonds is 4. The zero-order valence-corrected chi connectivity index (χ0v) is 14.2. The molecule has 1 saturated carbocycles. The molecule has 0 radical (unpaired) electrons. The van der Waals surface area contributed by atoms with Gasteiger partial charge in [0.1, 0.15) is 6.10 Å². The molecule has 0 spiro atoms. The molecule has 4 rings (SSSR count). The molecule has 1 amide bonds. The minimum atomic E-state index is -0.0370. The summed E-state index contributed by atoms with van der Waals surface area (Å²) in [6.07, 6.45) is 3.59. The molecule has 2 fully saturated rings. The van der Waals surface area contributed by atoms with Gasteiger partial charge < -0.3 is 14.4 Å². The highest BCUT2D eigenvalue weighted by Gasteiger charge is 2.45. The Morgan fingerprint density at radius 3 is 3.12 bits per heavy atom. The number of carbonyl (C=O) groups excluding carboxylic acids is 1. The van der Waals surface area contributed by atoms with Crippen LogP contribution in [0.5, 0.6) is 0 Å². The van der Waals surface area contributed by atoms with Crippen LogP contribution in [0.1, 0.15) is 28.9 Å². The lowest BCUT2D eigenvalue weighted by atomic mass is 10.1. The van der Waals surface area contributed by atoms with Crippen molar-refractivity contribution in [2.24, 2.45) is 0 Å². The van der Waals surface area contributed by atoms with Gasteiger partial charge in [-0.3, -0.25) is 9.78 Å². The molecule has 1 saturated heterocycles. The first-order valence-corrected chi connectivity index (χ1v) is 9.23. The maximum absolute atomic E-state index is 12.7. The molecule has 0 aromatic carbocycles. The van der Waals surface area contributed by atoms with Gasteiger partial charge in [0.05, 0.1) is 36.6 Å². The first-order chi connectivity index (χ1) is 11.8. The fourth-order valence-electron chi connectivity index (χ4n) is 3.57. The molecule has 1 aliphatic carbocycles. The molecule has 2 aromatic rings. The van der Waals surface area contributed by atoms with E-state index in [0.29, 0.717) is 19.8 Å². The second-order valence-corrected chi connectivity index (χ2v) is 6.94. The van der Waals surface area contributed by atoms with Crippen molar-refractivity contribution in [3.8, 4) is 0 Å². The average molecular weight is 344 g/mol. The van der Waals surface area contributed by atoms with Crippen LogP contribution in [-0.4, -0.2) is 47.2 Å². The van der Waals surface area contributed by atoms with Crippen molar-refractivity contribution in [3.05, 3.63) is 52.5 Å². The summed E-state index contributed by atoms with van der Waals surface area (Å²) in [6.45, 7) is 1.71. The van der Waals surface area contributed by atoms with Gasteiger partial charge in [0.2, 0.25) is 0 Å². The number of fused-ring (bicyclic) bond motifs is 1. The van der Waals surface area contributed by atoms with Crippen LogP contribution < -0.4 is 0 Å². The van der Waals surface area contributed by atoms with Crippen molar-refractivity contribution >= 4 is 17.2 Å². The van der Waals surface area contributed by atoms with Gasteiger partial charge in [0.25, 0.3) is 5.91 Å². The van der Waals surface area contributed by atoms with Crippen molar-refractivity contribution in [3.63, 3.8) is 0 Å². The Kier molecular flexibility index (Phi) is 4.60. The van der Waals surface area contributed by atoms with E-state index in [1.54, 1.807) is 17.5 Å². The predicted molar refractivity (Wildman–Crippen MR) is 90.9 cm³/mol. The molecule has 3 heterocycles. The maximum Gasteiger partial charge on any atom is 0.255 e. The summed E-state index contributed by atoms with van der Waals surface area (Å²) in [5, 5.41) is 3.86. The fourth-order valence-corrected chi connectivity index (χ4v) is 4.20. The third-order valence-electron chi connectivity index (χ3n) is 4.74. The second kappa shape index (κ2) is 7.01. The van der Waals surface area contributed by atoms with Gasteiger partial charge >= 0.3 is 0 Å². The van der Waals surface area contributed by atoms with Crippen molar-refractivity contribution in [2.75, 3.05) is 13.2 Å². The molecule has 0 N–H and O–H groups in total. The predicted octanol–water partition coefficient (Wildman–Crippen LogP) is 2.73. The van der Waals surface area contributed by atoms with Crippen LogP contribution in [0.2, 0.25) is 0 Å². The van der Waals surface area contributed by atoms with E-state index in [-0.39, 0.29) is 24.2 Å². The normalized spacial score (nSPS) is 26.3. The number of carbonyl (C=O) groups is 1. The molecule has 5 nitrogen and oxygen atoms in total. The Labute approximate surface area is 145 Å². The SMILES string of the molecule is O=C(c1ccsc1)N1CCO[C@H]2[C@H](OCc3ccccn3)CC[C@@H]21. The second-order valence-electron chi connectivity index (χ2n) is 6.16. The van der Waals surface area contributed by atoms with E-state index in [2.05, 4.69) is 4.98 Å². The Hall–Kier alpha value is -1.76. The van der Waals surface area contributed by atoms with Crippen LogP contribution in [0, 0.1) is 0 Å². The molecule has 2 aliphatic rings. The van der Waals surface area contributed by atoms with Crippen LogP contribution in [0.15, 0.2) is 41.2 Å². The molecule has 126 valence electrons. The topological polar surface area (TPSA) is 51.7 Å². The summed E-state index contributed by atoms with van der Waals surface area (Å²) < 4.78 is 12.0. The number of hydrogen-bond acceptors (Lipinski definition) is 5. The number of morpholine rings is 1. The number of ether oxygens (including phenoxy) is 2. The zero-order valence-electron chi connectivity index (χ0n) is 13.3. The van der Waals surface area contributed by atoms with E-state index in [1.165, 1.54) is 0 Å². The van der Waals surface area contributed by atoms with Crippen LogP contribution in [0.4, 0.5) is 0 Å². The Morgan fingerprint density at radius 2 is 2.33 bits per heavy atom. The van der Waals surface area contributed by atoms with Gasteiger partial charge in [-0.2, -0.15) is 11.3 Å². The quantitative estimate of drug-likeness (QED) is 0.856. The molecule has 0 unspecified atom stereocenters. The first kappa shape index (κ1) is 15.7. The van der Waals surface area contributed by atoms with Crippen molar-refractivity contribution in [1.82, 2.24) is 9.88 Å². The van der Waals surface area contributed by atoms with Gasteiger partial charge in [-0.05, 0) is 36.4 Å². The summed E-state index contributed by atoms with van der Waals surface area (Å²) in [7, 11) is 0. The molecule has 1 aliphatic heterocycles. The Morgan fingerprint density at radius 1 is 1.38 bits per heavy atom. The van der Waals surface area contributed by atoms with Gasteiger partial charge in [-0.25, -0.2) is 0 Å². The Bertz CT molecular complexity index is 677. The highest BCUT2D eigenvalue weighted by atomic mass is 32.1. The van der Waals surface area contributed by atoms with E-state index in [1.807, 2.05) is 39.9 Å². The minimum absolute atomic E-state index is 0.0232. The fraction of sp³-hybridized carbons (Fsp3) is 0.444. The van der Waals surface area contributed by atoms with Gasteiger partial charge in [-0.1, -0.05) is 6.07 Å². The van der Waals surface area contributed by atoms with Crippen LogP contribution in [0.25, 0.3) is 0 Å². The zero-order chi connectivity index (χ0) is 16.4. The molecule has 0 bridgehead atoms. The van der Waals surface area contributed by atoms with Gasteiger partial charge in [0.15, 0.2) is 0 Å². The lowest BCUT2D eigenvalue weighted by Gasteiger charge is -2.39. The molecule has 24 heavy (non-hydrogen) atoms. The average Bonchev–Trinajstić information content (AvgIpc) is 3.30. The first-order valence-electron chi connectivity index (χ1n) is 8.29. The summed E-state index contributed by atoms with van der Waals surface area (Å²) >= 11 is 1.55. The molecular weight excluding hydrogens is 324 g/mol. The number of pyridine rings is 1. The number of nitrogens with zero attached hydrogens (tertiary/aromatic N) is 2. The lowest BCUT2D eigenvalue weighted by Crippen LogP contribution is -2.53. The standard InChI is InChI=1S/C18H20N2O3S/c21-18(13-6-10-24-12-13)20-8-9-22-17-15(20)4-5-16(17)23-11-14-3-1-2-7-19-14/h1-3,6-7,10,12,15-17H,4-5,8-9,11H2/t15-,16+,17+/m0/s1. The smallest absolute Gasteiger partial charge is 0.255 e. The summed E-state index contributed by atoms with van der Waals surface area (Å²) in [6, 6.07) is 7.82. The van der Waals surface area contributed by atoms with Gasteiger partial charge in [-0.15, -0.1) is 0 Å². The summed E-state index contributed by atoms with van der Waals surface area (Å²) in [5.74, 6) is 0.111. The van der Waals surface area contributed by atoms with Crippen molar-refractivity contribution < 1.29 is 14.3 Å². The van der Waals surface area contributed by atoms with E-state index < -0.39 is 0 Å². The van der Waals surface area contributed by atoms with E-state index in [9.17, 15) is 4.79 Å². The molecular formula is C18H20N2O3S. The minimum Gasteiger partial charge on any atom is -0.372 e. The number of amides is 1. The molecule has 3 atom stereocenters. The molecule has 6 heteroatoms. The summed E-state index contributed by atoms with van der Waals surface area (Å²) in [4.78, 5) is 19.0. The van der Waals surface area contributed by atoms with Crippen molar-refractivity contribution in [2.45, 2.75) is 37.7 Å². The highest BCUT2D eigenvalue weighted by Crippen LogP contribution is 2.33. The molecule has 2 aromatic heterocycles. The van der Waals surface area contributed by atoms with Crippen molar-refractivity contribution in [1.29, 1.82) is 0 Å². The lowest BCUT2D eigenvalue weighted by molar-refractivity contribution is -0.109. The van der Waals surface area contributed by atoms with Gasteiger partial charge in [0, 0.05) is 18.1 Å². The van der Waals surface area contributed by atoms with E-state index in [0.717, 1.165) is 24.1 Å². The Balaban J connectivity index is 1.42. The number of aromatic nitrogens is 1. The maximum atomic E-state index is 12.7. The summed E-state index contributed by atoms with van der Waals surface area (Å²) in [5.41, 5.74) is 1.70. The van der Waals surface area contributed by atoms with E-state index in [4.69, 9.17) is 9.47 Å². The largest absolute Gasteiger partial charge is 0.372 e. The highest BCUT2D eigenvalue weighted by molar-refractivity contribution is 7.08. The van der Waals surface area contributed by atoms with Crippen LogP contribution >= 0.6 is 11.3 Å². The third kappa shape index (κ3) is 3.09. The third-order valence-corrected chi connectivity index (χ3v) is 5.42. The van der Waals surface area contributed by atoms with Crippen LogP contribution in [-0.2, 0) is 16.1 Å². The monoisotopic (exact) mass is 344 g/mol. The van der Waals surface area contributed by atoms with E-state index >= 15 is 0 Å². The van der Waals surface area contributed by atoms with Crippen LogP contribution in [0.3, 0.4) is 0 Å². The number of thiophene rings is 1. The number of hydrogen-bond donors (Lipinski definition) is 0.